The number of hydrogen-bond acceptors (Lipinski definition) is 3. The van der Waals surface area contributed by atoms with Crippen LogP contribution < -0.4 is 10.1 Å². The SMILES string of the molecule is COc1ccc(C(O)CNC(C)=O)cc1C. The highest BCUT2D eigenvalue weighted by atomic mass is 16.5. The van der Waals surface area contributed by atoms with Crippen LogP contribution in [-0.4, -0.2) is 24.7 Å². The lowest BCUT2D eigenvalue weighted by Gasteiger charge is -2.13. The fourth-order valence-corrected chi connectivity index (χ4v) is 1.47. The number of amides is 1. The zero-order valence-electron chi connectivity index (χ0n) is 9.78. The van der Waals surface area contributed by atoms with Crippen molar-refractivity contribution in [1.29, 1.82) is 0 Å². The highest BCUT2D eigenvalue weighted by molar-refractivity contribution is 5.72. The largest absolute Gasteiger partial charge is 0.496 e. The summed E-state index contributed by atoms with van der Waals surface area (Å²) in [5.74, 6) is 0.639. The normalized spacial score (nSPS) is 12.0. The molecule has 0 fully saturated rings. The molecule has 1 unspecified atom stereocenters. The molecule has 0 heterocycles. The van der Waals surface area contributed by atoms with E-state index in [4.69, 9.17) is 4.74 Å². The van der Waals surface area contributed by atoms with Crippen molar-refractivity contribution in [2.75, 3.05) is 13.7 Å². The van der Waals surface area contributed by atoms with E-state index in [9.17, 15) is 9.90 Å². The Morgan fingerprint density at radius 1 is 1.56 bits per heavy atom. The molecule has 0 radical (unpaired) electrons. The van der Waals surface area contributed by atoms with Gasteiger partial charge in [-0.15, -0.1) is 0 Å². The third-order valence-electron chi connectivity index (χ3n) is 2.35. The third-order valence-corrected chi connectivity index (χ3v) is 2.35. The second-order valence-corrected chi connectivity index (χ2v) is 3.68. The van der Waals surface area contributed by atoms with Crippen molar-refractivity contribution < 1.29 is 14.6 Å². The summed E-state index contributed by atoms with van der Waals surface area (Å²) in [6.45, 7) is 3.56. The number of aliphatic hydroxyl groups excluding tert-OH is 1. The van der Waals surface area contributed by atoms with Gasteiger partial charge in [0.05, 0.1) is 13.2 Å². The summed E-state index contributed by atoms with van der Waals surface area (Å²) >= 11 is 0. The van der Waals surface area contributed by atoms with E-state index in [2.05, 4.69) is 5.32 Å². The van der Waals surface area contributed by atoms with Crippen molar-refractivity contribution >= 4 is 5.91 Å². The first-order chi connectivity index (χ1) is 7.54. The molecule has 0 aliphatic heterocycles. The number of rotatable bonds is 4. The highest BCUT2D eigenvalue weighted by Gasteiger charge is 2.09. The quantitative estimate of drug-likeness (QED) is 0.805. The molecule has 0 aromatic heterocycles. The van der Waals surface area contributed by atoms with Gasteiger partial charge in [-0.2, -0.15) is 0 Å². The molecule has 0 spiro atoms. The predicted molar refractivity (Wildman–Crippen MR) is 61.4 cm³/mol. The maximum Gasteiger partial charge on any atom is 0.216 e. The molecule has 88 valence electrons. The zero-order valence-corrected chi connectivity index (χ0v) is 9.78. The average molecular weight is 223 g/mol. The van der Waals surface area contributed by atoms with Crippen molar-refractivity contribution in [2.24, 2.45) is 0 Å². The molecule has 1 amide bonds. The van der Waals surface area contributed by atoms with Gasteiger partial charge in [0.2, 0.25) is 5.91 Å². The molecule has 1 atom stereocenters. The van der Waals surface area contributed by atoms with Crippen LogP contribution in [0.2, 0.25) is 0 Å². The summed E-state index contributed by atoms with van der Waals surface area (Å²) in [5.41, 5.74) is 1.73. The topological polar surface area (TPSA) is 58.6 Å². The number of aliphatic hydroxyl groups is 1. The summed E-state index contributed by atoms with van der Waals surface area (Å²) in [6.07, 6.45) is -0.687. The Balaban J connectivity index is 2.72. The molecule has 2 N–H and O–H groups in total. The summed E-state index contributed by atoms with van der Waals surface area (Å²) in [4.78, 5) is 10.7. The van der Waals surface area contributed by atoms with E-state index in [1.54, 1.807) is 13.2 Å². The Bertz CT molecular complexity index is 377. The maximum absolute atomic E-state index is 10.7. The molecule has 0 aliphatic rings. The molecular weight excluding hydrogens is 206 g/mol. The molecule has 4 nitrogen and oxygen atoms in total. The van der Waals surface area contributed by atoms with E-state index in [1.165, 1.54) is 6.92 Å². The van der Waals surface area contributed by atoms with Gasteiger partial charge in [-0.25, -0.2) is 0 Å². The molecule has 0 saturated heterocycles. The minimum Gasteiger partial charge on any atom is -0.496 e. The molecule has 1 rings (SSSR count). The van der Waals surface area contributed by atoms with Gasteiger partial charge < -0.3 is 15.2 Å². The summed E-state index contributed by atoms with van der Waals surface area (Å²) < 4.78 is 5.13. The number of methoxy groups -OCH3 is 1. The van der Waals surface area contributed by atoms with E-state index in [-0.39, 0.29) is 12.5 Å². The van der Waals surface area contributed by atoms with Gasteiger partial charge in [0, 0.05) is 13.5 Å². The van der Waals surface area contributed by atoms with Crippen molar-refractivity contribution in [3.05, 3.63) is 29.3 Å². The monoisotopic (exact) mass is 223 g/mol. The molecule has 1 aromatic rings. The molecule has 1 aromatic carbocycles. The second-order valence-electron chi connectivity index (χ2n) is 3.68. The smallest absolute Gasteiger partial charge is 0.216 e. The Labute approximate surface area is 95.2 Å². The van der Waals surface area contributed by atoms with Crippen LogP contribution in [0.25, 0.3) is 0 Å². The molecule has 0 saturated carbocycles. The maximum atomic E-state index is 10.7. The number of nitrogens with one attached hydrogen (secondary N) is 1. The van der Waals surface area contributed by atoms with Gasteiger partial charge in [-0.05, 0) is 30.2 Å². The first kappa shape index (κ1) is 12.5. The molecule has 4 heteroatoms. The van der Waals surface area contributed by atoms with Crippen molar-refractivity contribution in [3.8, 4) is 5.75 Å². The second kappa shape index (κ2) is 5.51. The third kappa shape index (κ3) is 3.24. The van der Waals surface area contributed by atoms with Crippen molar-refractivity contribution in [2.45, 2.75) is 20.0 Å². The van der Waals surface area contributed by atoms with E-state index >= 15 is 0 Å². The summed E-state index contributed by atoms with van der Waals surface area (Å²) in [7, 11) is 1.61. The summed E-state index contributed by atoms with van der Waals surface area (Å²) in [6, 6.07) is 5.45. The Morgan fingerprint density at radius 3 is 2.75 bits per heavy atom. The van der Waals surface area contributed by atoms with E-state index in [1.807, 2.05) is 19.1 Å². The minimum absolute atomic E-state index is 0.149. The van der Waals surface area contributed by atoms with Gasteiger partial charge in [-0.1, -0.05) is 6.07 Å². The molecule has 16 heavy (non-hydrogen) atoms. The Hall–Kier alpha value is -1.55. The van der Waals surface area contributed by atoms with Crippen LogP contribution in [0.15, 0.2) is 18.2 Å². The standard InChI is InChI=1S/C12H17NO3/c1-8-6-10(4-5-12(8)16-3)11(15)7-13-9(2)14/h4-6,11,15H,7H2,1-3H3,(H,13,14). The van der Waals surface area contributed by atoms with Crippen LogP contribution in [-0.2, 0) is 4.79 Å². The molecule has 0 aliphatic carbocycles. The highest BCUT2D eigenvalue weighted by Crippen LogP contribution is 2.22. The van der Waals surface area contributed by atoms with Crippen molar-refractivity contribution in [1.82, 2.24) is 5.32 Å². The number of ether oxygens (including phenoxy) is 1. The van der Waals surface area contributed by atoms with Crippen LogP contribution in [0, 0.1) is 6.92 Å². The number of hydrogen-bond donors (Lipinski definition) is 2. The number of aryl methyl sites for hydroxylation is 1. The van der Waals surface area contributed by atoms with Gasteiger partial charge in [0.1, 0.15) is 5.75 Å². The molecular formula is C12H17NO3. The fourth-order valence-electron chi connectivity index (χ4n) is 1.47. The number of carbonyl (C=O) groups excluding carboxylic acids is 1. The predicted octanol–water partition coefficient (Wildman–Crippen LogP) is 1.17. The van der Waals surface area contributed by atoms with Crippen LogP contribution in [0.3, 0.4) is 0 Å². The first-order valence-electron chi connectivity index (χ1n) is 5.11. The van der Waals surface area contributed by atoms with E-state index in [0.717, 1.165) is 16.9 Å². The first-order valence-corrected chi connectivity index (χ1v) is 5.11. The minimum atomic E-state index is -0.687. The number of benzene rings is 1. The fraction of sp³-hybridized carbons (Fsp3) is 0.417. The van der Waals surface area contributed by atoms with Gasteiger partial charge in [0.25, 0.3) is 0 Å². The van der Waals surface area contributed by atoms with Gasteiger partial charge >= 0.3 is 0 Å². The lowest BCUT2D eigenvalue weighted by Crippen LogP contribution is -2.25. The van der Waals surface area contributed by atoms with Gasteiger partial charge in [0.15, 0.2) is 0 Å². The van der Waals surface area contributed by atoms with Crippen LogP contribution in [0.5, 0.6) is 5.75 Å². The molecule has 0 bridgehead atoms. The number of carbonyl (C=O) groups is 1. The Kier molecular flexibility index (Phi) is 4.31. The zero-order chi connectivity index (χ0) is 12.1. The lowest BCUT2D eigenvalue weighted by molar-refractivity contribution is -0.119. The van der Waals surface area contributed by atoms with Crippen LogP contribution in [0.4, 0.5) is 0 Å². The van der Waals surface area contributed by atoms with Gasteiger partial charge in [-0.3, -0.25) is 4.79 Å². The Morgan fingerprint density at radius 2 is 2.25 bits per heavy atom. The average Bonchev–Trinajstić information content (AvgIpc) is 2.25. The van der Waals surface area contributed by atoms with E-state index in [0.29, 0.717) is 0 Å². The van der Waals surface area contributed by atoms with Crippen molar-refractivity contribution in [3.63, 3.8) is 0 Å². The van der Waals surface area contributed by atoms with Crippen LogP contribution >= 0.6 is 0 Å². The van der Waals surface area contributed by atoms with E-state index < -0.39 is 6.10 Å². The summed E-state index contributed by atoms with van der Waals surface area (Å²) in [5, 5.41) is 12.4. The lowest BCUT2D eigenvalue weighted by atomic mass is 10.1. The van der Waals surface area contributed by atoms with Crippen LogP contribution in [0.1, 0.15) is 24.2 Å².